The van der Waals surface area contributed by atoms with Gasteiger partial charge in [0.15, 0.2) is 5.78 Å². The van der Waals surface area contributed by atoms with Crippen LogP contribution in [0.15, 0.2) is 60.7 Å². The smallest absolute Gasteiger partial charge is 0.204 e. The van der Waals surface area contributed by atoms with E-state index in [4.69, 9.17) is 0 Å². The molecule has 0 unspecified atom stereocenters. The molecule has 0 fully saturated rings. The van der Waals surface area contributed by atoms with Crippen molar-refractivity contribution in [2.75, 3.05) is 0 Å². The summed E-state index contributed by atoms with van der Waals surface area (Å²) in [6.45, 7) is 4.64. The number of carbonyl (C=O) groups is 1. The highest BCUT2D eigenvalue weighted by Crippen LogP contribution is 2.19. The number of benzene rings is 2. The van der Waals surface area contributed by atoms with Crippen LogP contribution in [0.4, 0.5) is 4.39 Å². The first-order chi connectivity index (χ1) is 14.0. The molecule has 6 nitrogen and oxygen atoms in total. The molecule has 0 atom stereocenters. The number of hydrogen-bond donors (Lipinski definition) is 0. The minimum atomic E-state index is -0.331. The minimum absolute atomic E-state index is 0.0101. The number of aromatic nitrogens is 5. The first-order valence-electron chi connectivity index (χ1n) is 9.29. The van der Waals surface area contributed by atoms with Crippen molar-refractivity contribution in [2.24, 2.45) is 0 Å². The van der Waals surface area contributed by atoms with Gasteiger partial charge in [0, 0.05) is 29.1 Å². The van der Waals surface area contributed by atoms with Crippen molar-refractivity contribution < 1.29 is 9.18 Å². The van der Waals surface area contributed by atoms with Gasteiger partial charge in [-0.15, -0.1) is 10.2 Å². The lowest BCUT2D eigenvalue weighted by Crippen LogP contribution is -2.14. The highest BCUT2D eigenvalue weighted by Gasteiger charge is 2.18. The molecule has 0 N–H and O–H groups in total. The number of hydrogen-bond acceptors (Lipinski definition) is 4. The van der Waals surface area contributed by atoms with Crippen molar-refractivity contribution in [3.63, 3.8) is 0 Å². The fourth-order valence-corrected chi connectivity index (χ4v) is 3.33. The van der Waals surface area contributed by atoms with Crippen LogP contribution in [0.2, 0.25) is 0 Å². The maximum atomic E-state index is 13.1. The molecule has 0 radical (unpaired) electrons. The zero-order valence-electron chi connectivity index (χ0n) is 16.2. The highest BCUT2D eigenvalue weighted by molar-refractivity contribution is 5.97. The molecule has 0 saturated carbocycles. The Morgan fingerprint density at radius 3 is 2.48 bits per heavy atom. The number of halogens is 1. The molecule has 0 spiro atoms. The molecular weight excluding hydrogens is 369 g/mol. The second-order valence-corrected chi connectivity index (χ2v) is 6.93. The van der Waals surface area contributed by atoms with Gasteiger partial charge < -0.3 is 4.57 Å². The molecule has 2 heterocycles. The van der Waals surface area contributed by atoms with Crippen LogP contribution >= 0.6 is 0 Å². The summed E-state index contributed by atoms with van der Waals surface area (Å²) in [7, 11) is 0. The highest BCUT2D eigenvalue weighted by atomic mass is 19.1. The lowest BCUT2D eigenvalue weighted by atomic mass is 10.1. The van der Waals surface area contributed by atoms with Gasteiger partial charge in [0.1, 0.15) is 12.4 Å². The molecule has 2 aromatic carbocycles. The summed E-state index contributed by atoms with van der Waals surface area (Å²) in [5, 5.41) is 12.2. The van der Waals surface area contributed by atoms with Gasteiger partial charge in [-0.05, 0) is 55.0 Å². The van der Waals surface area contributed by atoms with Gasteiger partial charge in [0.2, 0.25) is 5.82 Å². The predicted molar refractivity (Wildman–Crippen MR) is 107 cm³/mol. The molecular formula is C22H20FN5O. The van der Waals surface area contributed by atoms with E-state index in [2.05, 4.69) is 32.1 Å². The lowest BCUT2D eigenvalue weighted by Gasteiger charge is -2.10. The van der Waals surface area contributed by atoms with Crippen molar-refractivity contribution in [3.05, 3.63) is 89.0 Å². The van der Waals surface area contributed by atoms with E-state index in [1.54, 1.807) is 12.1 Å². The van der Waals surface area contributed by atoms with Crippen LogP contribution < -0.4 is 0 Å². The molecule has 4 rings (SSSR count). The van der Waals surface area contributed by atoms with Gasteiger partial charge in [-0.2, -0.15) is 4.80 Å². The van der Waals surface area contributed by atoms with E-state index in [9.17, 15) is 9.18 Å². The maximum absolute atomic E-state index is 13.1. The quantitative estimate of drug-likeness (QED) is 0.470. The van der Waals surface area contributed by atoms with Gasteiger partial charge in [0.05, 0.1) is 0 Å². The Morgan fingerprint density at radius 2 is 1.76 bits per heavy atom. The second kappa shape index (κ2) is 7.79. The molecule has 4 aromatic rings. The van der Waals surface area contributed by atoms with Gasteiger partial charge in [-0.25, -0.2) is 4.39 Å². The Bertz CT molecular complexity index is 1150. The third-order valence-electron chi connectivity index (χ3n) is 4.90. The van der Waals surface area contributed by atoms with Gasteiger partial charge in [0.25, 0.3) is 0 Å². The third kappa shape index (κ3) is 3.99. The van der Waals surface area contributed by atoms with Crippen LogP contribution in [-0.4, -0.2) is 30.6 Å². The molecule has 7 heteroatoms. The Kier molecular flexibility index (Phi) is 5.03. The molecule has 0 aliphatic carbocycles. The van der Waals surface area contributed by atoms with Crippen LogP contribution in [0, 0.1) is 19.7 Å². The molecule has 0 aliphatic heterocycles. The average Bonchev–Trinajstić information content (AvgIpc) is 3.29. The zero-order chi connectivity index (χ0) is 20.4. The SMILES string of the molecule is Cc1cc(C(=O)Cn2nnc(-c3ccc(F)cc3)n2)c(C)n1Cc1ccccc1. The summed E-state index contributed by atoms with van der Waals surface area (Å²) in [6.07, 6.45) is 0. The Morgan fingerprint density at radius 1 is 1.03 bits per heavy atom. The summed E-state index contributed by atoms with van der Waals surface area (Å²) >= 11 is 0. The van der Waals surface area contributed by atoms with E-state index < -0.39 is 0 Å². The van der Waals surface area contributed by atoms with Crippen molar-refractivity contribution in [1.29, 1.82) is 0 Å². The largest absolute Gasteiger partial charge is 0.344 e. The summed E-state index contributed by atoms with van der Waals surface area (Å²) in [4.78, 5) is 14.1. The van der Waals surface area contributed by atoms with E-state index in [0.717, 1.165) is 11.4 Å². The van der Waals surface area contributed by atoms with Gasteiger partial charge in [-0.3, -0.25) is 4.79 Å². The molecule has 0 saturated heterocycles. The van der Waals surface area contributed by atoms with Gasteiger partial charge >= 0.3 is 0 Å². The lowest BCUT2D eigenvalue weighted by molar-refractivity contribution is 0.0960. The van der Waals surface area contributed by atoms with Crippen molar-refractivity contribution in [1.82, 2.24) is 24.8 Å². The van der Waals surface area contributed by atoms with E-state index in [1.165, 1.54) is 22.5 Å². The standard InChI is InChI=1S/C22H20FN5O/c1-15-12-20(16(2)27(15)13-17-6-4-3-5-7-17)21(29)14-28-25-22(24-26-28)18-8-10-19(23)11-9-18/h3-12H,13-14H2,1-2H3. The van der Waals surface area contributed by atoms with Crippen LogP contribution in [0.1, 0.15) is 27.3 Å². The van der Waals surface area contributed by atoms with E-state index >= 15 is 0 Å². The normalized spacial score (nSPS) is 11.0. The summed E-state index contributed by atoms with van der Waals surface area (Å²) in [5.74, 6) is -0.0602. The molecule has 146 valence electrons. The Hall–Kier alpha value is -3.61. The minimum Gasteiger partial charge on any atom is -0.344 e. The third-order valence-corrected chi connectivity index (χ3v) is 4.90. The number of carbonyl (C=O) groups excluding carboxylic acids is 1. The molecule has 2 aromatic heterocycles. The van der Waals surface area contributed by atoms with Crippen LogP contribution in [0.25, 0.3) is 11.4 Å². The summed E-state index contributed by atoms with van der Waals surface area (Å²) < 4.78 is 15.2. The second-order valence-electron chi connectivity index (χ2n) is 6.93. The van der Waals surface area contributed by atoms with Crippen LogP contribution in [0.5, 0.6) is 0 Å². The predicted octanol–water partition coefficient (Wildman–Crippen LogP) is 3.83. The van der Waals surface area contributed by atoms with Crippen molar-refractivity contribution in [3.8, 4) is 11.4 Å². The first-order valence-corrected chi connectivity index (χ1v) is 9.29. The number of nitrogens with zero attached hydrogens (tertiary/aromatic N) is 5. The average molecular weight is 389 g/mol. The van der Waals surface area contributed by atoms with Crippen LogP contribution in [0.3, 0.4) is 0 Å². The Balaban J connectivity index is 1.52. The number of Topliss-reactive ketones (excluding diaryl/α,β-unsaturated/α-hetero) is 1. The Labute approximate surface area is 167 Å². The zero-order valence-corrected chi connectivity index (χ0v) is 16.2. The molecule has 0 bridgehead atoms. The van der Waals surface area contributed by atoms with Crippen molar-refractivity contribution in [2.45, 2.75) is 26.9 Å². The van der Waals surface area contributed by atoms with E-state index in [0.29, 0.717) is 23.5 Å². The van der Waals surface area contributed by atoms with Crippen molar-refractivity contribution >= 4 is 5.78 Å². The topological polar surface area (TPSA) is 65.6 Å². The van der Waals surface area contributed by atoms with E-state index in [-0.39, 0.29) is 18.1 Å². The number of tetrazole rings is 1. The maximum Gasteiger partial charge on any atom is 0.204 e. The fraction of sp³-hybridized carbons (Fsp3) is 0.182. The van der Waals surface area contributed by atoms with E-state index in [1.807, 2.05) is 38.1 Å². The summed E-state index contributed by atoms with van der Waals surface area (Å²) in [6, 6.07) is 17.9. The molecule has 0 aliphatic rings. The number of ketones is 1. The summed E-state index contributed by atoms with van der Waals surface area (Å²) in [5.41, 5.74) is 4.41. The van der Waals surface area contributed by atoms with Crippen LogP contribution in [-0.2, 0) is 13.1 Å². The molecule has 0 amide bonds. The number of aryl methyl sites for hydroxylation is 1. The fourth-order valence-electron chi connectivity index (χ4n) is 3.33. The number of rotatable bonds is 6. The molecule has 29 heavy (non-hydrogen) atoms. The van der Waals surface area contributed by atoms with Gasteiger partial charge in [-0.1, -0.05) is 30.3 Å². The monoisotopic (exact) mass is 389 g/mol. The first kappa shape index (κ1) is 18.7.